The molecule has 0 aromatic carbocycles. The molecule has 0 unspecified atom stereocenters. The van der Waals surface area contributed by atoms with Gasteiger partial charge in [0.05, 0.1) is 0 Å². The molecular formula is C12H28O4. The lowest BCUT2D eigenvalue weighted by Crippen LogP contribution is -1.74. The van der Waals surface area contributed by atoms with Crippen molar-refractivity contribution < 1.29 is 19.7 Å². The van der Waals surface area contributed by atoms with Gasteiger partial charge in [-0.05, 0) is 39.5 Å². The third-order valence-corrected chi connectivity index (χ3v) is 1.65. The lowest BCUT2D eigenvalue weighted by Gasteiger charge is -1.76. The van der Waals surface area contributed by atoms with Crippen LogP contribution < -0.4 is 0 Å². The average Bonchev–Trinajstić information content (AvgIpc) is 3.00. The van der Waals surface area contributed by atoms with Gasteiger partial charge in [-0.1, -0.05) is 0 Å². The molecule has 4 nitrogen and oxygen atoms in total. The second kappa shape index (κ2) is 20.3. The Morgan fingerprint density at radius 3 is 0.938 bits per heavy atom. The molecule has 0 spiro atoms. The summed E-state index contributed by atoms with van der Waals surface area (Å²) in [5.41, 5.74) is 0. The number of hydrogen-bond acceptors (Lipinski definition) is 4. The summed E-state index contributed by atoms with van der Waals surface area (Å²) in [6.07, 6.45) is 5.11. The molecule has 2 heterocycles. The molecule has 100 valence electrons. The Balaban J connectivity index is 0. The molecule has 2 aliphatic heterocycles. The van der Waals surface area contributed by atoms with Crippen molar-refractivity contribution in [3.63, 3.8) is 0 Å². The number of rotatable bonds is 0. The summed E-state index contributed by atoms with van der Waals surface area (Å²) in [4.78, 5) is 0. The lowest BCUT2D eigenvalue weighted by molar-refractivity contribution is 0.198. The maximum atomic E-state index is 7.57. The average molecular weight is 236 g/mol. The molecular weight excluding hydrogens is 208 g/mol. The zero-order valence-corrected chi connectivity index (χ0v) is 10.8. The quantitative estimate of drug-likeness (QED) is 0.670. The molecule has 2 rings (SSSR count). The molecule has 0 aliphatic carbocycles. The van der Waals surface area contributed by atoms with E-state index in [1.165, 1.54) is 25.7 Å². The van der Waals surface area contributed by atoms with Crippen LogP contribution in [0.4, 0.5) is 0 Å². The molecule has 0 atom stereocenters. The van der Waals surface area contributed by atoms with E-state index < -0.39 is 0 Å². The largest absolute Gasteiger partial charge is 0.397 e. The van der Waals surface area contributed by atoms with Crippen LogP contribution in [0.5, 0.6) is 0 Å². The minimum Gasteiger partial charge on any atom is -0.397 e. The Bertz CT molecular complexity index is 63.8. The number of hydrogen-bond donors (Lipinski definition) is 2. The van der Waals surface area contributed by atoms with Gasteiger partial charge in [0.25, 0.3) is 0 Å². The summed E-state index contributed by atoms with van der Waals surface area (Å²) < 4.78 is 9.89. The van der Waals surface area contributed by atoms with E-state index in [4.69, 9.17) is 19.7 Å². The third-order valence-electron chi connectivity index (χ3n) is 1.65. The molecule has 4 heteroatoms. The maximum Gasteiger partial charge on any atom is 0.0466 e. The van der Waals surface area contributed by atoms with Crippen molar-refractivity contribution in [1.29, 1.82) is 0 Å². The summed E-state index contributed by atoms with van der Waals surface area (Å²) in [5.74, 6) is 0. The standard InChI is InChI=1S/2C4H8O.2C2H6O/c2*1-2-4-5-3-1;2*1-2-3/h2*1-4H2;2*3H,2H2,1H3. The summed E-state index contributed by atoms with van der Waals surface area (Å²) in [6, 6.07) is 0. The van der Waals surface area contributed by atoms with Gasteiger partial charge in [0.15, 0.2) is 0 Å². The number of ether oxygens (including phenoxy) is 2. The van der Waals surface area contributed by atoms with Gasteiger partial charge in [-0.25, -0.2) is 0 Å². The zero-order chi connectivity index (χ0) is 12.5. The minimum atomic E-state index is 0.250. The van der Waals surface area contributed by atoms with Crippen LogP contribution in [0.15, 0.2) is 0 Å². The van der Waals surface area contributed by atoms with Crippen LogP contribution >= 0.6 is 0 Å². The van der Waals surface area contributed by atoms with Gasteiger partial charge in [-0.3, -0.25) is 0 Å². The third kappa shape index (κ3) is 23.6. The van der Waals surface area contributed by atoms with Crippen LogP contribution in [0.2, 0.25) is 0 Å². The van der Waals surface area contributed by atoms with Crippen molar-refractivity contribution in [3.05, 3.63) is 0 Å². The van der Waals surface area contributed by atoms with Crippen molar-refractivity contribution in [2.75, 3.05) is 39.6 Å². The summed E-state index contributed by atoms with van der Waals surface area (Å²) in [6.45, 7) is 7.86. The predicted octanol–water partition coefficient (Wildman–Crippen LogP) is 1.59. The van der Waals surface area contributed by atoms with Gasteiger partial charge in [-0.15, -0.1) is 0 Å². The van der Waals surface area contributed by atoms with E-state index in [1.54, 1.807) is 13.8 Å². The van der Waals surface area contributed by atoms with E-state index >= 15 is 0 Å². The first kappa shape index (κ1) is 18.2. The molecule has 0 aromatic heterocycles. The molecule has 2 aliphatic rings. The monoisotopic (exact) mass is 236 g/mol. The highest BCUT2D eigenvalue weighted by molar-refractivity contribution is 4.44. The van der Waals surface area contributed by atoms with Crippen molar-refractivity contribution in [2.24, 2.45) is 0 Å². The Morgan fingerprint density at radius 2 is 0.875 bits per heavy atom. The fourth-order valence-electron chi connectivity index (χ4n) is 1.02. The van der Waals surface area contributed by atoms with Crippen molar-refractivity contribution in [2.45, 2.75) is 39.5 Å². The van der Waals surface area contributed by atoms with E-state index in [-0.39, 0.29) is 13.2 Å². The van der Waals surface area contributed by atoms with Gasteiger partial charge in [0.2, 0.25) is 0 Å². The lowest BCUT2D eigenvalue weighted by atomic mass is 10.4. The fourth-order valence-corrected chi connectivity index (χ4v) is 1.02. The van der Waals surface area contributed by atoms with Crippen LogP contribution in [0, 0.1) is 0 Å². The molecule has 0 bridgehead atoms. The van der Waals surface area contributed by atoms with Crippen LogP contribution in [-0.2, 0) is 9.47 Å². The maximum absolute atomic E-state index is 7.57. The summed E-state index contributed by atoms with van der Waals surface area (Å²) >= 11 is 0. The van der Waals surface area contributed by atoms with Gasteiger partial charge < -0.3 is 19.7 Å². The second-order valence-corrected chi connectivity index (χ2v) is 3.27. The molecule has 0 saturated carbocycles. The summed E-state index contributed by atoms with van der Waals surface area (Å²) in [7, 11) is 0. The van der Waals surface area contributed by atoms with Crippen molar-refractivity contribution in [1.82, 2.24) is 0 Å². The summed E-state index contributed by atoms with van der Waals surface area (Å²) in [5, 5.41) is 15.1. The van der Waals surface area contributed by atoms with E-state index in [0.29, 0.717) is 0 Å². The van der Waals surface area contributed by atoms with E-state index in [2.05, 4.69) is 0 Å². The zero-order valence-electron chi connectivity index (χ0n) is 10.8. The van der Waals surface area contributed by atoms with Crippen molar-refractivity contribution in [3.8, 4) is 0 Å². The topological polar surface area (TPSA) is 58.9 Å². The first-order valence-corrected chi connectivity index (χ1v) is 6.20. The fraction of sp³-hybridized carbons (Fsp3) is 1.00. The highest BCUT2D eigenvalue weighted by Crippen LogP contribution is 1.98. The Labute approximate surface area is 99.6 Å². The highest BCUT2D eigenvalue weighted by Gasteiger charge is 1.95. The molecule has 0 radical (unpaired) electrons. The smallest absolute Gasteiger partial charge is 0.0466 e. The van der Waals surface area contributed by atoms with E-state index in [9.17, 15) is 0 Å². The normalized spacial score (nSPS) is 17.2. The SMILES string of the molecule is C1CCOC1.C1CCOC1.CCO.CCO. The van der Waals surface area contributed by atoms with Crippen molar-refractivity contribution >= 4 is 0 Å². The Morgan fingerprint density at radius 1 is 0.688 bits per heavy atom. The molecule has 16 heavy (non-hydrogen) atoms. The Hall–Kier alpha value is -0.160. The van der Waals surface area contributed by atoms with Crippen LogP contribution in [0.1, 0.15) is 39.5 Å². The van der Waals surface area contributed by atoms with Gasteiger partial charge in [0, 0.05) is 39.6 Å². The van der Waals surface area contributed by atoms with Crippen LogP contribution in [-0.4, -0.2) is 49.9 Å². The first-order chi connectivity index (χ1) is 7.83. The Kier molecular flexibility index (Phi) is 23.1. The van der Waals surface area contributed by atoms with Gasteiger partial charge >= 0.3 is 0 Å². The van der Waals surface area contributed by atoms with Gasteiger partial charge in [-0.2, -0.15) is 0 Å². The minimum absolute atomic E-state index is 0.250. The van der Waals surface area contributed by atoms with E-state index in [1.807, 2.05) is 0 Å². The number of aliphatic hydroxyl groups is 2. The predicted molar refractivity (Wildman–Crippen MR) is 65.6 cm³/mol. The van der Waals surface area contributed by atoms with Gasteiger partial charge in [0.1, 0.15) is 0 Å². The first-order valence-electron chi connectivity index (χ1n) is 6.20. The van der Waals surface area contributed by atoms with E-state index in [0.717, 1.165) is 26.4 Å². The molecule has 0 aromatic rings. The molecule has 2 fully saturated rings. The molecule has 0 amide bonds. The van der Waals surface area contributed by atoms with Crippen LogP contribution in [0.25, 0.3) is 0 Å². The van der Waals surface area contributed by atoms with Crippen LogP contribution in [0.3, 0.4) is 0 Å². The highest BCUT2D eigenvalue weighted by atomic mass is 16.5. The second-order valence-electron chi connectivity index (χ2n) is 3.27. The number of aliphatic hydroxyl groups excluding tert-OH is 2. The molecule has 2 saturated heterocycles. The molecule has 2 N–H and O–H groups in total.